The van der Waals surface area contributed by atoms with Crippen LogP contribution in [-0.4, -0.2) is 41.3 Å². The number of carboxylic acids is 1. The second-order valence-corrected chi connectivity index (χ2v) is 4.62. The zero-order valence-corrected chi connectivity index (χ0v) is 11.0. The van der Waals surface area contributed by atoms with Crippen LogP contribution < -0.4 is 4.74 Å². The minimum absolute atomic E-state index is 0.0250. The number of aliphatic carboxylic acids is 1. The van der Waals surface area contributed by atoms with Crippen molar-refractivity contribution in [2.75, 3.05) is 13.7 Å². The summed E-state index contributed by atoms with van der Waals surface area (Å²) in [5.74, 6) is -0.874. The third-order valence-corrected chi connectivity index (χ3v) is 3.26. The fourth-order valence-corrected chi connectivity index (χ4v) is 2.29. The molecule has 2 rings (SSSR count). The lowest BCUT2D eigenvalue weighted by Crippen LogP contribution is -2.32. The Morgan fingerprint density at radius 1 is 1.35 bits per heavy atom. The smallest absolute Gasteiger partial charge is 0.305 e. The molecule has 1 heterocycles. The predicted octanol–water partition coefficient (Wildman–Crippen LogP) is 1.01. The summed E-state index contributed by atoms with van der Waals surface area (Å²) in [5, 5.41) is 9.01. The Kier molecular flexibility index (Phi) is 4.02. The van der Waals surface area contributed by atoms with Crippen LogP contribution in [0.1, 0.15) is 24.4 Å². The number of carbonyl (C=O) groups excluding carboxylic acids is 2. The van der Waals surface area contributed by atoms with E-state index in [9.17, 15) is 14.4 Å². The molecule has 0 aliphatic carbocycles. The minimum Gasteiger partial charge on any atom is -0.497 e. The topological polar surface area (TPSA) is 83.9 Å². The molecule has 106 valence electrons. The highest BCUT2D eigenvalue weighted by atomic mass is 16.5. The van der Waals surface area contributed by atoms with Gasteiger partial charge in [-0.15, -0.1) is 0 Å². The molecule has 6 nitrogen and oxygen atoms in total. The van der Waals surface area contributed by atoms with Crippen molar-refractivity contribution >= 4 is 17.7 Å². The summed E-state index contributed by atoms with van der Waals surface area (Å²) < 4.78 is 5.04. The molecule has 1 unspecified atom stereocenters. The molecule has 0 bridgehead atoms. The molecule has 1 N–H and O–H groups in total. The van der Waals surface area contributed by atoms with E-state index < -0.39 is 12.0 Å². The van der Waals surface area contributed by atoms with Crippen molar-refractivity contribution < 1.29 is 24.2 Å². The molecule has 1 aromatic carbocycles. The Morgan fingerprint density at radius 2 is 2.00 bits per heavy atom. The maximum absolute atomic E-state index is 11.8. The lowest BCUT2D eigenvalue weighted by Gasteiger charge is -2.26. The van der Waals surface area contributed by atoms with Gasteiger partial charge in [0.1, 0.15) is 5.75 Å². The van der Waals surface area contributed by atoms with Crippen LogP contribution in [0.4, 0.5) is 0 Å². The monoisotopic (exact) mass is 277 g/mol. The Morgan fingerprint density at radius 3 is 2.45 bits per heavy atom. The van der Waals surface area contributed by atoms with Gasteiger partial charge in [0.05, 0.1) is 32.5 Å². The van der Waals surface area contributed by atoms with E-state index in [0.29, 0.717) is 11.3 Å². The van der Waals surface area contributed by atoms with Crippen molar-refractivity contribution in [1.29, 1.82) is 0 Å². The molecule has 1 atom stereocenters. The second-order valence-electron chi connectivity index (χ2n) is 4.62. The zero-order chi connectivity index (χ0) is 14.7. The van der Waals surface area contributed by atoms with E-state index in [4.69, 9.17) is 9.84 Å². The van der Waals surface area contributed by atoms with Gasteiger partial charge < -0.3 is 14.7 Å². The quantitative estimate of drug-likeness (QED) is 0.812. The van der Waals surface area contributed by atoms with Crippen LogP contribution in [0, 0.1) is 0 Å². The van der Waals surface area contributed by atoms with Gasteiger partial charge in [-0.25, -0.2) is 0 Å². The van der Waals surface area contributed by atoms with Gasteiger partial charge in [0.15, 0.2) is 5.78 Å². The average Bonchev–Trinajstić information content (AvgIpc) is 2.75. The molecule has 1 saturated heterocycles. The third kappa shape index (κ3) is 2.96. The Hall–Kier alpha value is -2.37. The number of carbonyl (C=O) groups is 3. The number of ketones is 1. The Bertz CT molecular complexity index is 537. The van der Waals surface area contributed by atoms with Gasteiger partial charge in [0.2, 0.25) is 5.91 Å². The van der Waals surface area contributed by atoms with E-state index in [-0.39, 0.29) is 31.1 Å². The molecule has 0 radical (unpaired) electrons. The van der Waals surface area contributed by atoms with Crippen LogP contribution in [0.25, 0.3) is 0 Å². The zero-order valence-electron chi connectivity index (χ0n) is 11.0. The van der Waals surface area contributed by atoms with Crippen molar-refractivity contribution in [2.24, 2.45) is 0 Å². The first-order chi connectivity index (χ1) is 9.51. The first-order valence-electron chi connectivity index (χ1n) is 6.18. The number of amides is 1. The Balaban J connectivity index is 2.28. The molecule has 0 spiro atoms. The molecule has 1 fully saturated rings. The molecule has 0 aromatic heterocycles. The molecule has 0 saturated carbocycles. The standard InChI is InChI=1S/C14H15NO5/c1-20-11-4-2-9(3-5-11)12(7-14(18)19)15-8-10(16)6-13(15)17/h2-5,12H,6-8H2,1H3,(H,18,19). The van der Waals surface area contributed by atoms with Gasteiger partial charge in [-0.1, -0.05) is 12.1 Å². The van der Waals surface area contributed by atoms with Gasteiger partial charge in [-0.05, 0) is 17.7 Å². The van der Waals surface area contributed by atoms with E-state index in [2.05, 4.69) is 0 Å². The molecular weight excluding hydrogens is 262 g/mol. The minimum atomic E-state index is -1.02. The number of hydrogen-bond donors (Lipinski definition) is 1. The van der Waals surface area contributed by atoms with E-state index in [0.717, 1.165) is 0 Å². The van der Waals surface area contributed by atoms with Crippen molar-refractivity contribution in [3.05, 3.63) is 29.8 Å². The average molecular weight is 277 g/mol. The first-order valence-corrected chi connectivity index (χ1v) is 6.18. The first kappa shape index (κ1) is 14.0. The fraction of sp³-hybridized carbons (Fsp3) is 0.357. The SMILES string of the molecule is COc1ccc(C(CC(=O)O)N2CC(=O)CC2=O)cc1. The van der Waals surface area contributed by atoms with E-state index in [1.54, 1.807) is 24.3 Å². The number of likely N-dealkylation sites (tertiary alicyclic amines) is 1. The highest BCUT2D eigenvalue weighted by molar-refractivity contribution is 6.05. The second kappa shape index (κ2) is 5.73. The number of Topliss-reactive ketones (excluding diaryl/α,β-unsaturated/α-hetero) is 1. The largest absolute Gasteiger partial charge is 0.497 e. The summed E-state index contributed by atoms with van der Waals surface area (Å²) in [6, 6.07) is 6.20. The summed E-state index contributed by atoms with van der Waals surface area (Å²) in [6.07, 6.45) is -0.377. The van der Waals surface area contributed by atoms with E-state index in [1.807, 2.05) is 0 Å². The van der Waals surface area contributed by atoms with Crippen LogP contribution in [0.5, 0.6) is 5.75 Å². The van der Waals surface area contributed by atoms with E-state index >= 15 is 0 Å². The summed E-state index contributed by atoms with van der Waals surface area (Å²) >= 11 is 0. The molecule has 20 heavy (non-hydrogen) atoms. The fourth-order valence-electron chi connectivity index (χ4n) is 2.29. The number of ether oxygens (including phenoxy) is 1. The number of hydrogen-bond acceptors (Lipinski definition) is 4. The summed E-state index contributed by atoms with van der Waals surface area (Å²) in [5.41, 5.74) is 0.677. The predicted molar refractivity (Wildman–Crippen MR) is 69.3 cm³/mol. The number of rotatable bonds is 5. The number of carboxylic acid groups (broad SMARTS) is 1. The maximum atomic E-state index is 11.8. The summed E-state index contributed by atoms with van der Waals surface area (Å²) in [4.78, 5) is 35.5. The summed E-state index contributed by atoms with van der Waals surface area (Å²) in [7, 11) is 1.53. The summed E-state index contributed by atoms with van der Waals surface area (Å²) in [6.45, 7) is -0.0250. The molecule has 6 heteroatoms. The molecular formula is C14H15NO5. The molecule has 1 amide bonds. The van der Waals surface area contributed by atoms with Gasteiger partial charge >= 0.3 is 5.97 Å². The van der Waals surface area contributed by atoms with Gasteiger partial charge in [-0.3, -0.25) is 14.4 Å². The van der Waals surface area contributed by atoms with Crippen molar-refractivity contribution in [2.45, 2.75) is 18.9 Å². The van der Waals surface area contributed by atoms with E-state index in [1.165, 1.54) is 12.0 Å². The van der Waals surface area contributed by atoms with Crippen molar-refractivity contribution in [3.63, 3.8) is 0 Å². The van der Waals surface area contributed by atoms with Crippen LogP contribution in [0.15, 0.2) is 24.3 Å². The van der Waals surface area contributed by atoms with Gasteiger partial charge in [0, 0.05) is 0 Å². The Labute approximate surface area is 115 Å². The number of benzene rings is 1. The lowest BCUT2D eigenvalue weighted by atomic mass is 10.0. The van der Waals surface area contributed by atoms with Crippen LogP contribution in [0.2, 0.25) is 0 Å². The van der Waals surface area contributed by atoms with Crippen molar-refractivity contribution in [1.82, 2.24) is 4.90 Å². The van der Waals surface area contributed by atoms with Gasteiger partial charge in [0.25, 0.3) is 0 Å². The lowest BCUT2D eigenvalue weighted by molar-refractivity contribution is -0.140. The van der Waals surface area contributed by atoms with Crippen molar-refractivity contribution in [3.8, 4) is 5.75 Å². The number of nitrogens with zero attached hydrogens (tertiary/aromatic N) is 1. The maximum Gasteiger partial charge on any atom is 0.305 e. The highest BCUT2D eigenvalue weighted by Gasteiger charge is 2.34. The number of methoxy groups -OCH3 is 1. The highest BCUT2D eigenvalue weighted by Crippen LogP contribution is 2.29. The van der Waals surface area contributed by atoms with Crippen LogP contribution >= 0.6 is 0 Å². The molecule has 1 aliphatic heterocycles. The van der Waals surface area contributed by atoms with Gasteiger partial charge in [-0.2, -0.15) is 0 Å². The normalized spacial score (nSPS) is 16.4. The third-order valence-electron chi connectivity index (χ3n) is 3.26. The molecule has 1 aromatic rings. The molecule has 1 aliphatic rings. The van der Waals surface area contributed by atoms with Crippen LogP contribution in [0.3, 0.4) is 0 Å². The van der Waals surface area contributed by atoms with Crippen LogP contribution in [-0.2, 0) is 14.4 Å².